The number of unbranched alkanes of at least 4 members (excludes halogenated alkanes) is 1. The summed E-state index contributed by atoms with van der Waals surface area (Å²) >= 11 is 0. The lowest BCUT2D eigenvalue weighted by Crippen LogP contribution is -2.44. The highest BCUT2D eigenvalue weighted by molar-refractivity contribution is 6.44. The van der Waals surface area contributed by atoms with Crippen LogP contribution in [-0.4, -0.2) is 53.0 Å². The number of benzene rings is 3. The number of amides is 3. The summed E-state index contributed by atoms with van der Waals surface area (Å²) in [7, 11) is 0. The molecule has 0 spiro atoms. The van der Waals surface area contributed by atoms with Crippen LogP contribution < -0.4 is 16.0 Å². The van der Waals surface area contributed by atoms with Crippen LogP contribution in [0.2, 0.25) is 0 Å². The Balaban J connectivity index is 1.59. The minimum absolute atomic E-state index is 0.0463. The number of carboxylic acid groups (broad SMARTS) is 1. The van der Waals surface area contributed by atoms with Crippen LogP contribution >= 0.6 is 0 Å². The zero-order valence-corrected chi connectivity index (χ0v) is 22.7. The van der Waals surface area contributed by atoms with Crippen LogP contribution in [0.3, 0.4) is 0 Å². The number of carbonyl (C=O) groups is 5. The molecule has 0 saturated heterocycles. The van der Waals surface area contributed by atoms with Gasteiger partial charge in [0.1, 0.15) is 11.6 Å². The van der Waals surface area contributed by atoms with Crippen LogP contribution in [0.25, 0.3) is 10.8 Å². The highest BCUT2D eigenvalue weighted by Crippen LogP contribution is 2.20. The number of alkyl carbamates (subject to hydrolysis) is 1. The Labute approximate surface area is 232 Å². The van der Waals surface area contributed by atoms with Crippen molar-refractivity contribution in [1.82, 2.24) is 10.6 Å². The number of para-hydroxylation sites is 1. The minimum Gasteiger partial charge on any atom is -0.480 e. The van der Waals surface area contributed by atoms with Gasteiger partial charge in [0.25, 0.3) is 17.6 Å². The summed E-state index contributed by atoms with van der Waals surface area (Å²) in [5, 5.41) is 18.9. The van der Waals surface area contributed by atoms with E-state index in [1.165, 1.54) is 12.1 Å². The number of rotatable bonds is 11. The number of anilines is 1. The maximum atomic E-state index is 13.0. The summed E-state index contributed by atoms with van der Waals surface area (Å²) in [6, 6.07) is 17.5. The smallest absolute Gasteiger partial charge is 0.407 e. The average Bonchev–Trinajstić information content (AvgIpc) is 2.90. The summed E-state index contributed by atoms with van der Waals surface area (Å²) in [6.45, 7) is 5.49. The van der Waals surface area contributed by atoms with Crippen LogP contribution in [0.1, 0.15) is 60.7 Å². The SMILES string of the molecule is CC(C)(C)OC(=O)NCCCC[C@H](NC(=O)C(=O)c1ccccc1NC(=O)c1ccc2ccccc2c1)C(=O)O. The molecule has 0 fully saturated rings. The van der Waals surface area contributed by atoms with Gasteiger partial charge in [-0.1, -0.05) is 42.5 Å². The van der Waals surface area contributed by atoms with E-state index in [4.69, 9.17) is 4.74 Å². The van der Waals surface area contributed by atoms with Gasteiger partial charge in [0.15, 0.2) is 0 Å². The van der Waals surface area contributed by atoms with Crippen molar-refractivity contribution in [2.75, 3.05) is 11.9 Å². The molecular weight excluding hydrogens is 514 g/mol. The molecular formula is C30H33N3O7. The third-order valence-electron chi connectivity index (χ3n) is 5.83. The molecule has 10 nitrogen and oxygen atoms in total. The predicted octanol–water partition coefficient (Wildman–Crippen LogP) is 4.54. The molecule has 0 saturated carbocycles. The normalized spacial score (nSPS) is 11.8. The van der Waals surface area contributed by atoms with Gasteiger partial charge in [0.2, 0.25) is 0 Å². The first-order chi connectivity index (χ1) is 18.9. The van der Waals surface area contributed by atoms with Crippen LogP contribution in [0.4, 0.5) is 10.5 Å². The Kier molecular flexibility index (Phi) is 9.97. The van der Waals surface area contributed by atoms with Gasteiger partial charge < -0.3 is 25.8 Å². The van der Waals surface area contributed by atoms with Gasteiger partial charge in [0.05, 0.1) is 11.3 Å². The molecule has 3 amide bonds. The van der Waals surface area contributed by atoms with Gasteiger partial charge >= 0.3 is 12.1 Å². The van der Waals surface area contributed by atoms with Crippen molar-refractivity contribution in [3.63, 3.8) is 0 Å². The van der Waals surface area contributed by atoms with Gasteiger partial charge in [-0.15, -0.1) is 0 Å². The van der Waals surface area contributed by atoms with E-state index in [0.717, 1.165) is 10.8 Å². The molecule has 3 aromatic rings. The van der Waals surface area contributed by atoms with Crippen LogP contribution in [0.5, 0.6) is 0 Å². The van der Waals surface area contributed by atoms with Crippen molar-refractivity contribution in [2.45, 2.75) is 51.7 Å². The third-order valence-corrected chi connectivity index (χ3v) is 5.83. The zero-order valence-electron chi connectivity index (χ0n) is 22.7. The van der Waals surface area contributed by atoms with E-state index < -0.39 is 41.3 Å². The summed E-state index contributed by atoms with van der Waals surface area (Å²) < 4.78 is 5.14. The van der Waals surface area contributed by atoms with Gasteiger partial charge in [-0.05, 0) is 75.1 Å². The van der Waals surface area contributed by atoms with Gasteiger partial charge in [0, 0.05) is 12.1 Å². The second-order valence-corrected chi connectivity index (χ2v) is 10.2. The van der Waals surface area contributed by atoms with Gasteiger partial charge in [-0.25, -0.2) is 9.59 Å². The van der Waals surface area contributed by atoms with E-state index in [0.29, 0.717) is 18.4 Å². The molecule has 0 aliphatic heterocycles. The molecule has 0 heterocycles. The van der Waals surface area contributed by atoms with Crippen molar-refractivity contribution < 1.29 is 33.8 Å². The molecule has 210 valence electrons. The molecule has 40 heavy (non-hydrogen) atoms. The second kappa shape index (κ2) is 13.4. The molecule has 3 rings (SSSR count). The molecule has 3 aromatic carbocycles. The maximum Gasteiger partial charge on any atom is 0.407 e. The standard InChI is InChI=1S/C30H33N3O7/c1-30(2,3)40-29(39)31-17-9-8-14-24(28(37)38)33-27(36)25(34)22-12-6-7-13-23(22)32-26(35)21-16-15-19-10-4-5-11-20(19)18-21/h4-7,10-13,15-16,18,24H,8-9,14,17H2,1-3H3,(H,31,39)(H,32,35)(H,33,36)(H,37,38)/t24-/m0/s1. The lowest BCUT2D eigenvalue weighted by Gasteiger charge is -2.19. The minimum atomic E-state index is -1.31. The third kappa shape index (κ3) is 8.65. The Bertz CT molecular complexity index is 1410. The fourth-order valence-corrected chi connectivity index (χ4v) is 3.90. The first-order valence-corrected chi connectivity index (χ1v) is 12.9. The zero-order chi connectivity index (χ0) is 29.3. The van der Waals surface area contributed by atoms with E-state index >= 15 is 0 Å². The fraction of sp³-hybridized carbons (Fsp3) is 0.300. The highest BCUT2D eigenvalue weighted by atomic mass is 16.6. The van der Waals surface area contributed by atoms with Crippen molar-refractivity contribution in [1.29, 1.82) is 0 Å². The maximum absolute atomic E-state index is 13.0. The molecule has 0 aromatic heterocycles. The molecule has 0 radical (unpaired) electrons. The molecule has 0 unspecified atom stereocenters. The first kappa shape index (κ1) is 29.8. The highest BCUT2D eigenvalue weighted by Gasteiger charge is 2.26. The second-order valence-electron chi connectivity index (χ2n) is 10.2. The number of carbonyl (C=O) groups excluding carboxylic acids is 4. The summed E-state index contributed by atoms with van der Waals surface area (Å²) in [6.07, 6.45) is 0.272. The van der Waals surface area contributed by atoms with E-state index in [2.05, 4.69) is 16.0 Å². The van der Waals surface area contributed by atoms with Crippen LogP contribution in [-0.2, 0) is 14.3 Å². The average molecular weight is 548 g/mol. The van der Waals surface area contributed by atoms with Crippen LogP contribution in [0, 0.1) is 0 Å². The summed E-state index contributed by atoms with van der Waals surface area (Å²) in [5.41, 5.74) is -0.203. The van der Waals surface area contributed by atoms with Crippen molar-refractivity contribution in [2.24, 2.45) is 0 Å². The molecule has 0 aliphatic rings. The topological polar surface area (TPSA) is 151 Å². The largest absolute Gasteiger partial charge is 0.480 e. The van der Waals surface area contributed by atoms with Crippen molar-refractivity contribution in [3.8, 4) is 0 Å². The van der Waals surface area contributed by atoms with Gasteiger partial charge in [-0.2, -0.15) is 0 Å². The van der Waals surface area contributed by atoms with Crippen molar-refractivity contribution in [3.05, 3.63) is 77.9 Å². The van der Waals surface area contributed by atoms with E-state index in [9.17, 15) is 29.1 Å². The summed E-state index contributed by atoms with van der Waals surface area (Å²) in [4.78, 5) is 62.0. The lowest BCUT2D eigenvalue weighted by molar-refractivity contribution is -0.141. The Morgan fingerprint density at radius 2 is 1.55 bits per heavy atom. The molecule has 4 N–H and O–H groups in total. The number of nitrogens with one attached hydrogen (secondary N) is 3. The number of Topliss-reactive ketones (excluding diaryl/α,β-unsaturated/α-hetero) is 1. The Morgan fingerprint density at radius 3 is 2.25 bits per heavy atom. The van der Waals surface area contributed by atoms with E-state index in [-0.39, 0.29) is 24.2 Å². The molecule has 0 aliphatic carbocycles. The van der Waals surface area contributed by atoms with Crippen molar-refractivity contribution >= 4 is 46.1 Å². The Morgan fingerprint density at radius 1 is 0.875 bits per heavy atom. The van der Waals surface area contributed by atoms with E-state index in [1.807, 2.05) is 30.3 Å². The molecule has 0 bridgehead atoms. The quantitative estimate of drug-likeness (QED) is 0.156. The number of fused-ring (bicyclic) bond motifs is 1. The monoisotopic (exact) mass is 547 g/mol. The number of hydrogen-bond donors (Lipinski definition) is 4. The lowest BCUT2D eigenvalue weighted by atomic mass is 10.0. The number of ether oxygens (including phenoxy) is 1. The number of carboxylic acids is 1. The summed E-state index contributed by atoms with van der Waals surface area (Å²) in [5.74, 6) is -3.84. The Hall–Kier alpha value is -4.73. The first-order valence-electron chi connectivity index (χ1n) is 12.9. The fourth-order valence-electron chi connectivity index (χ4n) is 3.90. The van der Waals surface area contributed by atoms with Crippen LogP contribution in [0.15, 0.2) is 66.7 Å². The number of hydrogen-bond acceptors (Lipinski definition) is 6. The molecule has 1 atom stereocenters. The predicted molar refractivity (Wildman–Crippen MR) is 150 cm³/mol. The van der Waals surface area contributed by atoms with Gasteiger partial charge in [-0.3, -0.25) is 14.4 Å². The molecule has 10 heteroatoms. The number of aliphatic carboxylic acids is 1. The number of ketones is 1. The van der Waals surface area contributed by atoms with E-state index in [1.54, 1.807) is 45.0 Å².